The summed E-state index contributed by atoms with van der Waals surface area (Å²) in [6, 6.07) is 11.3. The lowest BCUT2D eigenvalue weighted by atomic mass is 10.0. The van der Waals surface area contributed by atoms with E-state index < -0.39 is 0 Å². The maximum Gasteiger partial charge on any atom is 0.247 e. The molecule has 0 aliphatic carbocycles. The molecule has 6 heteroatoms. The Morgan fingerprint density at radius 1 is 1.00 bits per heavy atom. The predicted octanol–water partition coefficient (Wildman–Crippen LogP) is 2.96. The number of aromatic nitrogens is 3. The van der Waals surface area contributed by atoms with Gasteiger partial charge in [-0.1, -0.05) is 37.3 Å². The summed E-state index contributed by atoms with van der Waals surface area (Å²) in [6.07, 6.45) is 6.83. The number of anilines is 2. The van der Waals surface area contributed by atoms with Crippen LogP contribution in [0.5, 0.6) is 0 Å². The first-order chi connectivity index (χ1) is 13.3. The van der Waals surface area contributed by atoms with E-state index in [1.807, 2.05) is 6.20 Å². The van der Waals surface area contributed by atoms with Gasteiger partial charge < -0.3 is 9.80 Å². The van der Waals surface area contributed by atoms with E-state index >= 15 is 0 Å². The number of hydrogen-bond acceptors (Lipinski definition) is 6. The van der Waals surface area contributed by atoms with Crippen molar-refractivity contribution in [3.05, 3.63) is 42.1 Å². The summed E-state index contributed by atoms with van der Waals surface area (Å²) >= 11 is 0. The van der Waals surface area contributed by atoms with Gasteiger partial charge in [0.05, 0.1) is 6.20 Å². The quantitative estimate of drug-likeness (QED) is 0.811. The van der Waals surface area contributed by atoms with Crippen LogP contribution in [0.3, 0.4) is 0 Å². The number of piperidine rings is 1. The highest BCUT2D eigenvalue weighted by Gasteiger charge is 2.24. The third kappa shape index (κ3) is 4.38. The van der Waals surface area contributed by atoms with Gasteiger partial charge in [0.25, 0.3) is 0 Å². The molecule has 1 unspecified atom stereocenters. The largest absolute Gasteiger partial charge is 0.352 e. The summed E-state index contributed by atoms with van der Waals surface area (Å²) in [4.78, 5) is 12.1. The number of nitrogens with zero attached hydrogens (tertiary/aromatic N) is 6. The van der Waals surface area contributed by atoms with Crippen molar-refractivity contribution >= 4 is 11.8 Å². The number of benzene rings is 1. The minimum absolute atomic E-state index is 0.589. The standard InChI is InChI=1S/C21H30N6/c1-2-19-10-6-7-11-27(19)20-16-22-24-21(23-20)26-14-12-25(13-15-26)17-18-8-4-3-5-9-18/h3-5,8-9,16,19H,2,6-7,10-15,17H2,1H3. The van der Waals surface area contributed by atoms with Crippen molar-refractivity contribution in [1.82, 2.24) is 20.1 Å². The van der Waals surface area contributed by atoms with Crippen molar-refractivity contribution in [3.8, 4) is 0 Å². The van der Waals surface area contributed by atoms with Gasteiger partial charge in [0, 0.05) is 45.3 Å². The third-order valence-corrected chi connectivity index (χ3v) is 5.83. The maximum absolute atomic E-state index is 4.89. The molecule has 0 radical (unpaired) electrons. The molecule has 2 aliphatic heterocycles. The maximum atomic E-state index is 4.89. The van der Waals surface area contributed by atoms with Crippen LogP contribution in [-0.4, -0.2) is 58.8 Å². The minimum Gasteiger partial charge on any atom is -0.352 e. The molecule has 6 nitrogen and oxygen atoms in total. The Balaban J connectivity index is 1.38. The summed E-state index contributed by atoms with van der Waals surface area (Å²) in [5, 5.41) is 8.62. The van der Waals surface area contributed by atoms with Gasteiger partial charge in [-0.25, -0.2) is 0 Å². The van der Waals surface area contributed by atoms with Gasteiger partial charge in [0.2, 0.25) is 5.95 Å². The summed E-state index contributed by atoms with van der Waals surface area (Å²) in [5.41, 5.74) is 1.38. The van der Waals surface area contributed by atoms with Crippen LogP contribution in [0, 0.1) is 0 Å². The molecule has 3 heterocycles. The second kappa shape index (κ2) is 8.65. The van der Waals surface area contributed by atoms with Crippen LogP contribution in [0.1, 0.15) is 38.2 Å². The molecule has 0 N–H and O–H groups in total. The van der Waals surface area contributed by atoms with Crippen LogP contribution in [0.15, 0.2) is 36.5 Å². The second-order valence-corrected chi connectivity index (χ2v) is 7.61. The Bertz CT molecular complexity index is 714. The highest BCUT2D eigenvalue weighted by Crippen LogP contribution is 2.25. The fourth-order valence-corrected chi connectivity index (χ4v) is 4.23. The van der Waals surface area contributed by atoms with Crippen molar-refractivity contribution < 1.29 is 0 Å². The van der Waals surface area contributed by atoms with Crippen LogP contribution in [0.4, 0.5) is 11.8 Å². The fourth-order valence-electron chi connectivity index (χ4n) is 4.23. The Hall–Kier alpha value is -2.21. The number of rotatable bonds is 5. The monoisotopic (exact) mass is 366 g/mol. The molecule has 0 bridgehead atoms. The van der Waals surface area contributed by atoms with E-state index in [1.54, 1.807) is 0 Å². The van der Waals surface area contributed by atoms with Gasteiger partial charge in [0.15, 0.2) is 5.82 Å². The van der Waals surface area contributed by atoms with Crippen molar-refractivity contribution in [2.75, 3.05) is 42.5 Å². The predicted molar refractivity (Wildman–Crippen MR) is 109 cm³/mol. The summed E-state index contributed by atoms with van der Waals surface area (Å²) < 4.78 is 0. The van der Waals surface area contributed by atoms with Gasteiger partial charge in [-0.15, -0.1) is 5.10 Å². The third-order valence-electron chi connectivity index (χ3n) is 5.83. The van der Waals surface area contributed by atoms with Crippen LogP contribution in [0.25, 0.3) is 0 Å². The fraction of sp³-hybridized carbons (Fsp3) is 0.571. The van der Waals surface area contributed by atoms with Crippen LogP contribution in [0.2, 0.25) is 0 Å². The summed E-state index contributed by atoms with van der Waals surface area (Å²) in [7, 11) is 0. The molecular formula is C21H30N6. The van der Waals surface area contributed by atoms with E-state index in [-0.39, 0.29) is 0 Å². The Morgan fingerprint density at radius 3 is 2.59 bits per heavy atom. The van der Waals surface area contributed by atoms with Crippen molar-refractivity contribution in [2.45, 2.75) is 45.2 Å². The molecule has 2 aromatic rings. The van der Waals surface area contributed by atoms with Crippen molar-refractivity contribution in [1.29, 1.82) is 0 Å². The van der Waals surface area contributed by atoms with Gasteiger partial charge >= 0.3 is 0 Å². The van der Waals surface area contributed by atoms with Crippen LogP contribution < -0.4 is 9.80 Å². The summed E-state index contributed by atoms with van der Waals surface area (Å²) in [5.74, 6) is 1.78. The Kier molecular flexibility index (Phi) is 5.82. The first-order valence-corrected chi connectivity index (χ1v) is 10.3. The SMILES string of the molecule is CCC1CCCCN1c1cnnc(N2CCN(Cc3ccccc3)CC2)n1. The van der Waals surface area contributed by atoms with Crippen molar-refractivity contribution in [3.63, 3.8) is 0 Å². The lowest BCUT2D eigenvalue weighted by Gasteiger charge is -2.37. The van der Waals surface area contributed by atoms with E-state index in [0.717, 1.165) is 57.5 Å². The highest BCUT2D eigenvalue weighted by molar-refractivity contribution is 5.43. The zero-order valence-corrected chi connectivity index (χ0v) is 16.3. The normalized spacial score (nSPS) is 21.4. The van der Waals surface area contributed by atoms with Gasteiger partial charge in [-0.2, -0.15) is 10.1 Å². The number of piperazine rings is 1. The first kappa shape index (κ1) is 18.2. The minimum atomic E-state index is 0.589. The van der Waals surface area contributed by atoms with E-state index in [2.05, 4.69) is 62.2 Å². The van der Waals surface area contributed by atoms with Gasteiger partial charge in [0.1, 0.15) is 0 Å². The average molecular weight is 367 g/mol. The van der Waals surface area contributed by atoms with Crippen molar-refractivity contribution in [2.24, 2.45) is 0 Å². The molecule has 1 aromatic heterocycles. The Labute approximate surface area is 162 Å². The molecule has 2 saturated heterocycles. The first-order valence-electron chi connectivity index (χ1n) is 10.3. The molecule has 0 spiro atoms. The molecule has 1 atom stereocenters. The summed E-state index contributed by atoms with van der Waals surface area (Å²) in [6.45, 7) is 8.34. The van der Waals surface area contributed by atoms with Gasteiger partial charge in [-0.05, 0) is 31.2 Å². The second-order valence-electron chi connectivity index (χ2n) is 7.61. The van der Waals surface area contributed by atoms with E-state index in [9.17, 15) is 0 Å². The molecule has 2 aliphatic rings. The molecule has 0 saturated carbocycles. The lowest BCUT2D eigenvalue weighted by Crippen LogP contribution is -2.47. The topological polar surface area (TPSA) is 48.4 Å². The van der Waals surface area contributed by atoms with Crippen LogP contribution >= 0.6 is 0 Å². The zero-order valence-electron chi connectivity index (χ0n) is 16.3. The highest BCUT2D eigenvalue weighted by atomic mass is 15.4. The molecule has 2 fully saturated rings. The lowest BCUT2D eigenvalue weighted by molar-refractivity contribution is 0.248. The number of hydrogen-bond donors (Lipinski definition) is 0. The van der Waals surface area contributed by atoms with Crippen LogP contribution in [-0.2, 0) is 6.54 Å². The van der Waals surface area contributed by atoms with E-state index in [4.69, 9.17) is 4.98 Å². The van der Waals surface area contributed by atoms with E-state index in [1.165, 1.54) is 24.8 Å². The molecular weight excluding hydrogens is 336 g/mol. The molecule has 144 valence electrons. The Morgan fingerprint density at radius 2 is 1.81 bits per heavy atom. The van der Waals surface area contributed by atoms with Gasteiger partial charge in [-0.3, -0.25) is 4.90 Å². The molecule has 0 amide bonds. The average Bonchev–Trinajstić information content (AvgIpc) is 2.75. The van der Waals surface area contributed by atoms with E-state index in [0.29, 0.717) is 6.04 Å². The molecule has 4 rings (SSSR count). The molecule has 27 heavy (non-hydrogen) atoms. The molecule has 1 aromatic carbocycles. The smallest absolute Gasteiger partial charge is 0.247 e. The zero-order chi connectivity index (χ0) is 18.5.